The van der Waals surface area contributed by atoms with Crippen LogP contribution in [0.3, 0.4) is 0 Å². The largest absolute Gasteiger partial charge is 0.205 e. The summed E-state index contributed by atoms with van der Waals surface area (Å²) in [6, 6.07) is 4.99. The van der Waals surface area contributed by atoms with E-state index in [1.165, 1.54) is 6.07 Å². The molecular formula is C13H17Cl2F. The van der Waals surface area contributed by atoms with E-state index in [4.69, 9.17) is 23.2 Å². The van der Waals surface area contributed by atoms with Crippen molar-refractivity contribution in [3.8, 4) is 0 Å². The van der Waals surface area contributed by atoms with E-state index in [-0.39, 0.29) is 16.3 Å². The predicted molar refractivity (Wildman–Crippen MR) is 68.8 cm³/mol. The molecule has 0 spiro atoms. The van der Waals surface area contributed by atoms with Gasteiger partial charge in [-0.3, -0.25) is 0 Å². The van der Waals surface area contributed by atoms with Crippen LogP contribution in [0.15, 0.2) is 18.2 Å². The Bertz CT molecular complexity index is 338. The molecule has 0 atom stereocenters. The molecule has 0 saturated heterocycles. The Morgan fingerprint density at radius 1 is 1.25 bits per heavy atom. The van der Waals surface area contributed by atoms with Crippen molar-refractivity contribution in [1.82, 2.24) is 0 Å². The molecule has 0 unspecified atom stereocenters. The molecule has 0 amide bonds. The molecule has 0 aromatic heterocycles. The lowest BCUT2D eigenvalue weighted by Gasteiger charge is -2.29. The second kappa shape index (κ2) is 5.88. The molecule has 0 fully saturated rings. The molecule has 0 heterocycles. The Hall–Kier alpha value is -0.270. The third kappa shape index (κ3) is 3.11. The maximum Gasteiger partial charge on any atom is 0.142 e. The SMILES string of the molecule is CCC(CC)(CCl)Cc1ccc(Cl)c(F)c1. The van der Waals surface area contributed by atoms with Gasteiger partial charge in [-0.05, 0) is 42.4 Å². The van der Waals surface area contributed by atoms with Crippen molar-refractivity contribution < 1.29 is 4.39 Å². The maximum atomic E-state index is 13.3. The number of halogens is 3. The maximum absolute atomic E-state index is 13.3. The molecule has 90 valence electrons. The summed E-state index contributed by atoms with van der Waals surface area (Å²) in [5.41, 5.74) is 1.04. The third-order valence-electron chi connectivity index (χ3n) is 3.35. The van der Waals surface area contributed by atoms with Gasteiger partial charge in [0.2, 0.25) is 0 Å². The first-order valence-corrected chi connectivity index (χ1v) is 6.48. The molecule has 3 heteroatoms. The smallest absolute Gasteiger partial charge is 0.142 e. The van der Waals surface area contributed by atoms with Crippen LogP contribution < -0.4 is 0 Å². The zero-order valence-electron chi connectivity index (χ0n) is 9.69. The molecule has 0 nitrogen and oxygen atoms in total. The van der Waals surface area contributed by atoms with Gasteiger partial charge in [-0.25, -0.2) is 4.39 Å². The minimum absolute atomic E-state index is 0.0713. The first-order valence-electron chi connectivity index (χ1n) is 5.57. The van der Waals surface area contributed by atoms with Crippen LogP contribution in [0.5, 0.6) is 0 Å². The molecule has 0 aliphatic carbocycles. The topological polar surface area (TPSA) is 0 Å². The molecule has 1 rings (SSSR count). The second-order valence-corrected chi connectivity index (χ2v) is 4.94. The number of alkyl halides is 1. The lowest BCUT2D eigenvalue weighted by atomic mass is 9.79. The van der Waals surface area contributed by atoms with E-state index in [0.29, 0.717) is 5.88 Å². The Morgan fingerprint density at radius 2 is 1.88 bits per heavy atom. The zero-order chi connectivity index (χ0) is 12.2. The van der Waals surface area contributed by atoms with E-state index in [1.807, 2.05) is 6.07 Å². The van der Waals surface area contributed by atoms with E-state index in [2.05, 4.69) is 13.8 Å². The van der Waals surface area contributed by atoms with Gasteiger partial charge in [0.1, 0.15) is 5.82 Å². The van der Waals surface area contributed by atoms with Gasteiger partial charge in [0, 0.05) is 5.88 Å². The Morgan fingerprint density at radius 3 is 2.31 bits per heavy atom. The van der Waals surface area contributed by atoms with Gasteiger partial charge in [0.05, 0.1) is 5.02 Å². The van der Waals surface area contributed by atoms with Crippen LogP contribution in [0.1, 0.15) is 32.3 Å². The molecule has 0 radical (unpaired) electrons. The van der Waals surface area contributed by atoms with Crippen molar-refractivity contribution in [3.63, 3.8) is 0 Å². The molecule has 0 saturated carbocycles. The highest BCUT2D eigenvalue weighted by molar-refractivity contribution is 6.30. The summed E-state index contributed by atoms with van der Waals surface area (Å²) >= 11 is 11.7. The van der Waals surface area contributed by atoms with Crippen LogP contribution >= 0.6 is 23.2 Å². The number of rotatable bonds is 5. The summed E-state index contributed by atoms with van der Waals surface area (Å²) in [5, 5.41) is 0.174. The minimum atomic E-state index is -0.352. The highest BCUT2D eigenvalue weighted by Crippen LogP contribution is 2.33. The lowest BCUT2D eigenvalue weighted by Crippen LogP contribution is -2.24. The second-order valence-electron chi connectivity index (χ2n) is 4.27. The molecule has 0 N–H and O–H groups in total. The van der Waals surface area contributed by atoms with E-state index >= 15 is 0 Å². The zero-order valence-corrected chi connectivity index (χ0v) is 11.2. The highest BCUT2D eigenvalue weighted by Gasteiger charge is 2.25. The summed E-state index contributed by atoms with van der Waals surface area (Å²) in [6.45, 7) is 4.25. The average Bonchev–Trinajstić information content (AvgIpc) is 2.31. The summed E-state index contributed by atoms with van der Waals surface area (Å²) in [4.78, 5) is 0. The summed E-state index contributed by atoms with van der Waals surface area (Å²) in [6.07, 6.45) is 2.80. The quantitative estimate of drug-likeness (QED) is 0.651. The predicted octanol–water partition coefficient (Wildman–Crippen LogP) is 5.07. The van der Waals surface area contributed by atoms with Crippen LogP contribution in [-0.4, -0.2) is 5.88 Å². The van der Waals surface area contributed by atoms with Gasteiger partial charge in [-0.2, -0.15) is 0 Å². The summed E-state index contributed by atoms with van der Waals surface area (Å²) < 4.78 is 13.3. The third-order valence-corrected chi connectivity index (χ3v) is 4.22. The lowest BCUT2D eigenvalue weighted by molar-refractivity contribution is 0.301. The number of hydrogen-bond donors (Lipinski definition) is 0. The van der Waals surface area contributed by atoms with Gasteiger partial charge in [0.15, 0.2) is 0 Å². The van der Waals surface area contributed by atoms with E-state index in [0.717, 1.165) is 24.8 Å². The highest BCUT2D eigenvalue weighted by atomic mass is 35.5. The molecule has 16 heavy (non-hydrogen) atoms. The van der Waals surface area contributed by atoms with Crippen LogP contribution in [0.2, 0.25) is 5.02 Å². The van der Waals surface area contributed by atoms with Gasteiger partial charge in [-0.1, -0.05) is 31.5 Å². The molecule has 0 aliphatic heterocycles. The van der Waals surface area contributed by atoms with Gasteiger partial charge in [0.25, 0.3) is 0 Å². The average molecular weight is 263 g/mol. The van der Waals surface area contributed by atoms with Crippen LogP contribution in [-0.2, 0) is 6.42 Å². The fraction of sp³-hybridized carbons (Fsp3) is 0.538. The summed E-state index contributed by atoms with van der Waals surface area (Å²) in [5.74, 6) is 0.249. The van der Waals surface area contributed by atoms with Crippen molar-refractivity contribution in [3.05, 3.63) is 34.6 Å². The first-order chi connectivity index (χ1) is 7.56. The van der Waals surface area contributed by atoms with Crippen LogP contribution in [0, 0.1) is 11.2 Å². The van der Waals surface area contributed by atoms with Gasteiger partial charge in [-0.15, -0.1) is 11.6 Å². The fourth-order valence-electron chi connectivity index (χ4n) is 1.82. The summed E-state index contributed by atoms with van der Waals surface area (Å²) in [7, 11) is 0. The van der Waals surface area contributed by atoms with Crippen molar-refractivity contribution in [1.29, 1.82) is 0 Å². The van der Waals surface area contributed by atoms with Crippen molar-refractivity contribution in [2.24, 2.45) is 5.41 Å². The molecule has 1 aromatic carbocycles. The van der Waals surface area contributed by atoms with E-state index in [9.17, 15) is 4.39 Å². The van der Waals surface area contributed by atoms with Crippen LogP contribution in [0.25, 0.3) is 0 Å². The first kappa shape index (κ1) is 13.8. The normalized spacial score (nSPS) is 11.8. The number of hydrogen-bond acceptors (Lipinski definition) is 0. The van der Waals surface area contributed by atoms with Gasteiger partial charge < -0.3 is 0 Å². The van der Waals surface area contributed by atoms with E-state index in [1.54, 1.807) is 6.07 Å². The molecule has 1 aromatic rings. The monoisotopic (exact) mass is 262 g/mol. The van der Waals surface area contributed by atoms with Crippen molar-refractivity contribution in [2.45, 2.75) is 33.1 Å². The molecule has 0 bridgehead atoms. The Kier molecular flexibility index (Phi) is 5.07. The van der Waals surface area contributed by atoms with Crippen molar-refractivity contribution in [2.75, 3.05) is 5.88 Å². The van der Waals surface area contributed by atoms with Crippen LogP contribution in [0.4, 0.5) is 4.39 Å². The van der Waals surface area contributed by atoms with Crippen molar-refractivity contribution >= 4 is 23.2 Å². The standard InChI is InChI=1S/C13H17Cl2F/c1-3-13(4-2,9-14)8-10-5-6-11(15)12(16)7-10/h5-7H,3-4,8-9H2,1-2H3. The van der Waals surface area contributed by atoms with Gasteiger partial charge >= 0.3 is 0 Å². The Balaban J connectivity index is 2.89. The molecular weight excluding hydrogens is 246 g/mol. The van der Waals surface area contributed by atoms with E-state index < -0.39 is 0 Å². The molecule has 0 aliphatic rings. The number of benzene rings is 1. The fourth-order valence-corrected chi connectivity index (χ4v) is 2.41. The minimum Gasteiger partial charge on any atom is -0.205 e. The Labute approximate surface area is 107 Å².